The van der Waals surface area contributed by atoms with Crippen LogP contribution in [0.15, 0.2) is 24.3 Å². The number of rotatable bonds is 9. The normalized spacial score (nSPS) is 14.1. The maximum absolute atomic E-state index is 5.58. The third kappa shape index (κ3) is 5.21. The van der Waals surface area contributed by atoms with Gasteiger partial charge < -0.3 is 14.8 Å². The second-order valence-electron chi connectivity index (χ2n) is 4.80. The van der Waals surface area contributed by atoms with Crippen molar-refractivity contribution in [3.8, 4) is 5.75 Å². The van der Waals surface area contributed by atoms with Crippen LogP contribution in [0.25, 0.3) is 0 Å². The highest BCUT2D eigenvalue weighted by atomic mass is 16.5. The zero-order valence-electron chi connectivity index (χ0n) is 12.6. The number of hydrogen-bond acceptors (Lipinski definition) is 3. The Morgan fingerprint density at radius 2 is 2.05 bits per heavy atom. The molecule has 0 heterocycles. The lowest BCUT2D eigenvalue weighted by Gasteiger charge is -2.25. The molecule has 1 rings (SSSR count). The Labute approximate surface area is 117 Å². The van der Waals surface area contributed by atoms with E-state index in [2.05, 4.69) is 37.4 Å². The summed E-state index contributed by atoms with van der Waals surface area (Å²) in [6.07, 6.45) is 1.05. The lowest BCUT2D eigenvalue weighted by molar-refractivity contribution is 0.170. The van der Waals surface area contributed by atoms with Crippen molar-refractivity contribution in [1.82, 2.24) is 5.32 Å². The molecule has 0 bridgehead atoms. The maximum atomic E-state index is 5.58. The molecule has 1 aromatic carbocycles. The van der Waals surface area contributed by atoms with E-state index < -0.39 is 0 Å². The third-order valence-electron chi connectivity index (χ3n) is 3.30. The average Bonchev–Trinajstić information content (AvgIpc) is 2.43. The summed E-state index contributed by atoms with van der Waals surface area (Å²) in [5, 5.41) is 3.57. The quantitative estimate of drug-likeness (QED) is 0.742. The molecule has 0 aromatic heterocycles. The summed E-state index contributed by atoms with van der Waals surface area (Å²) in [5.41, 5.74) is 1.29. The van der Waals surface area contributed by atoms with E-state index in [1.54, 1.807) is 7.11 Å². The van der Waals surface area contributed by atoms with Crippen LogP contribution < -0.4 is 10.1 Å². The van der Waals surface area contributed by atoms with Crippen molar-refractivity contribution in [2.45, 2.75) is 33.2 Å². The topological polar surface area (TPSA) is 30.5 Å². The summed E-state index contributed by atoms with van der Waals surface area (Å²) in [6, 6.07) is 8.73. The van der Waals surface area contributed by atoms with Crippen LogP contribution in [-0.2, 0) is 4.74 Å². The third-order valence-corrected chi connectivity index (χ3v) is 3.30. The van der Waals surface area contributed by atoms with Crippen LogP contribution in [0.4, 0.5) is 0 Å². The molecule has 108 valence electrons. The average molecular weight is 265 g/mol. The fourth-order valence-corrected chi connectivity index (χ4v) is 2.30. The fraction of sp³-hybridized carbons (Fsp3) is 0.625. The Hall–Kier alpha value is -1.06. The van der Waals surface area contributed by atoms with Gasteiger partial charge in [-0.2, -0.15) is 0 Å². The number of benzene rings is 1. The van der Waals surface area contributed by atoms with E-state index in [0.717, 1.165) is 25.3 Å². The summed E-state index contributed by atoms with van der Waals surface area (Å²) in [6.45, 7) is 8.88. The minimum Gasteiger partial charge on any atom is -0.494 e. The van der Waals surface area contributed by atoms with Crippen molar-refractivity contribution in [2.75, 3.05) is 26.9 Å². The molecule has 0 spiro atoms. The van der Waals surface area contributed by atoms with Crippen LogP contribution in [-0.4, -0.2) is 26.9 Å². The standard InChI is InChI=1S/C16H27NO2/c1-5-17-16(13(3)10-11-18-4)14-8-7-9-15(12-14)19-6-2/h7-9,12-13,16-17H,5-6,10-11H2,1-4H3. The van der Waals surface area contributed by atoms with Gasteiger partial charge in [-0.25, -0.2) is 0 Å². The van der Waals surface area contributed by atoms with Gasteiger partial charge in [0.05, 0.1) is 6.61 Å². The zero-order chi connectivity index (χ0) is 14.1. The first kappa shape index (κ1) is 16.0. The minimum atomic E-state index is 0.348. The molecule has 2 unspecified atom stereocenters. The Morgan fingerprint density at radius 1 is 1.26 bits per heavy atom. The van der Waals surface area contributed by atoms with Crippen molar-refractivity contribution in [1.29, 1.82) is 0 Å². The van der Waals surface area contributed by atoms with E-state index in [0.29, 0.717) is 18.6 Å². The highest BCUT2D eigenvalue weighted by Crippen LogP contribution is 2.27. The van der Waals surface area contributed by atoms with Crippen LogP contribution >= 0.6 is 0 Å². The number of hydrogen-bond donors (Lipinski definition) is 1. The highest BCUT2D eigenvalue weighted by Gasteiger charge is 2.18. The first-order valence-corrected chi connectivity index (χ1v) is 7.18. The van der Waals surface area contributed by atoms with E-state index in [9.17, 15) is 0 Å². The molecule has 0 aliphatic heterocycles. The molecule has 3 nitrogen and oxygen atoms in total. The first-order chi connectivity index (χ1) is 9.22. The SMILES string of the molecule is CCNC(c1cccc(OCC)c1)C(C)CCOC. The molecule has 0 saturated carbocycles. The predicted octanol–water partition coefficient (Wildman–Crippen LogP) is 3.41. The van der Waals surface area contributed by atoms with E-state index in [1.807, 2.05) is 13.0 Å². The Balaban J connectivity index is 2.81. The van der Waals surface area contributed by atoms with Crippen molar-refractivity contribution in [2.24, 2.45) is 5.92 Å². The van der Waals surface area contributed by atoms with Crippen LogP contribution in [0.2, 0.25) is 0 Å². The molecule has 0 saturated heterocycles. The molecule has 1 N–H and O–H groups in total. The molecule has 2 atom stereocenters. The molecule has 0 amide bonds. The molecule has 3 heteroatoms. The fourth-order valence-electron chi connectivity index (χ4n) is 2.30. The van der Waals surface area contributed by atoms with Gasteiger partial charge in [0, 0.05) is 19.8 Å². The lowest BCUT2D eigenvalue weighted by atomic mass is 9.92. The van der Waals surface area contributed by atoms with Gasteiger partial charge in [-0.1, -0.05) is 26.0 Å². The Kier molecular flexibility index (Phi) is 7.53. The highest BCUT2D eigenvalue weighted by molar-refractivity contribution is 5.31. The van der Waals surface area contributed by atoms with Gasteiger partial charge >= 0.3 is 0 Å². The van der Waals surface area contributed by atoms with Gasteiger partial charge in [-0.05, 0) is 43.5 Å². The van der Waals surface area contributed by atoms with Gasteiger partial charge in [0.1, 0.15) is 5.75 Å². The molecule has 0 fully saturated rings. The molecular formula is C16H27NO2. The largest absolute Gasteiger partial charge is 0.494 e. The molecule has 19 heavy (non-hydrogen) atoms. The number of ether oxygens (including phenoxy) is 2. The van der Waals surface area contributed by atoms with Gasteiger partial charge in [0.15, 0.2) is 0 Å². The van der Waals surface area contributed by atoms with Gasteiger partial charge in [-0.15, -0.1) is 0 Å². The molecular weight excluding hydrogens is 238 g/mol. The predicted molar refractivity (Wildman–Crippen MR) is 79.7 cm³/mol. The smallest absolute Gasteiger partial charge is 0.119 e. The van der Waals surface area contributed by atoms with Crippen LogP contribution in [0.5, 0.6) is 5.75 Å². The molecule has 0 radical (unpaired) electrons. The molecule has 1 aromatic rings. The van der Waals surface area contributed by atoms with Crippen LogP contribution in [0, 0.1) is 5.92 Å². The first-order valence-electron chi connectivity index (χ1n) is 7.18. The van der Waals surface area contributed by atoms with Crippen molar-refractivity contribution in [3.05, 3.63) is 29.8 Å². The van der Waals surface area contributed by atoms with E-state index >= 15 is 0 Å². The van der Waals surface area contributed by atoms with Gasteiger partial charge in [-0.3, -0.25) is 0 Å². The van der Waals surface area contributed by atoms with Gasteiger partial charge in [0.2, 0.25) is 0 Å². The van der Waals surface area contributed by atoms with E-state index in [1.165, 1.54) is 5.56 Å². The minimum absolute atomic E-state index is 0.348. The van der Waals surface area contributed by atoms with E-state index in [4.69, 9.17) is 9.47 Å². The second-order valence-corrected chi connectivity index (χ2v) is 4.80. The van der Waals surface area contributed by atoms with Gasteiger partial charge in [0.25, 0.3) is 0 Å². The Bertz CT molecular complexity index is 354. The van der Waals surface area contributed by atoms with Crippen LogP contribution in [0.3, 0.4) is 0 Å². The lowest BCUT2D eigenvalue weighted by Crippen LogP contribution is -2.27. The second kappa shape index (κ2) is 8.94. The molecule has 0 aliphatic rings. The summed E-state index contributed by atoms with van der Waals surface area (Å²) in [5.74, 6) is 1.47. The van der Waals surface area contributed by atoms with Crippen molar-refractivity contribution in [3.63, 3.8) is 0 Å². The van der Waals surface area contributed by atoms with E-state index in [-0.39, 0.29) is 0 Å². The maximum Gasteiger partial charge on any atom is 0.119 e. The number of nitrogens with one attached hydrogen (secondary N) is 1. The summed E-state index contributed by atoms with van der Waals surface area (Å²) >= 11 is 0. The number of methoxy groups -OCH3 is 1. The monoisotopic (exact) mass is 265 g/mol. The molecule has 0 aliphatic carbocycles. The summed E-state index contributed by atoms with van der Waals surface area (Å²) < 4.78 is 10.8. The zero-order valence-corrected chi connectivity index (χ0v) is 12.6. The Morgan fingerprint density at radius 3 is 2.68 bits per heavy atom. The summed E-state index contributed by atoms with van der Waals surface area (Å²) in [4.78, 5) is 0. The van der Waals surface area contributed by atoms with Crippen molar-refractivity contribution >= 4 is 0 Å². The summed E-state index contributed by atoms with van der Waals surface area (Å²) in [7, 11) is 1.75. The van der Waals surface area contributed by atoms with Crippen molar-refractivity contribution < 1.29 is 9.47 Å². The van der Waals surface area contributed by atoms with Crippen LogP contribution in [0.1, 0.15) is 38.8 Å².